The Labute approximate surface area is 96.7 Å². The Hall–Kier alpha value is -1.62. The fraction of sp³-hybridized carbons (Fsp3) is 0.455. The summed E-state index contributed by atoms with van der Waals surface area (Å²) in [5, 5.41) is 15.8. The number of hydrogen-bond donors (Lipinski definition) is 2. The van der Waals surface area contributed by atoms with Crippen molar-refractivity contribution in [2.75, 3.05) is 21.1 Å². The number of hydrogen-bond acceptors (Lipinski definition) is 3. The van der Waals surface area contributed by atoms with Gasteiger partial charge in [0.2, 0.25) is 0 Å². The molecule has 0 saturated heterocycles. The maximum absolute atomic E-state index is 9.60. The summed E-state index contributed by atoms with van der Waals surface area (Å²) in [6.45, 7) is 9.20. The molecule has 5 nitrogen and oxygen atoms in total. The van der Waals surface area contributed by atoms with Crippen molar-refractivity contribution >= 4 is 11.9 Å². The van der Waals surface area contributed by atoms with Crippen LogP contribution in [0.15, 0.2) is 24.3 Å². The Balaban J connectivity index is -0.000000162. The molecule has 5 heteroatoms. The van der Waals surface area contributed by atoms with Crippen molar-refractivity contribution in [2.24, 2.45) is 0 Å². The smallest absolute Gasteiger partial charge is 0.330 e. The predicted octanol–water partition coefficient (Wildman–Crippen LogP) is 1.47. The summed E-state index contributed by atoms with van der Waals surface area (Å²) in [6.07, 6.45) is 0. The van der Waals surface area contributed by atoms with Crippen molar-refractivity contribution in [2.45, 2.75) is 13.8 Å². The molecule has 0 aliphatic heterocycles. The van der Waals surface area contributed by atoms with Crippen LogP contribution in [0, 0.1) is 0 Å². The number of aliphatic carboxylic acids is 2. The number of carboxylic acid groups (broad SMARTS) is 2. The van der Waals surface area contributed by atoms with Gasteiger partial charge in [0.1, 0.15) is 0 Å². The molecule has 0 fully saturated rings. The molecular formula is C11H21NO4. The molecule has 0 radical (unpaired) electrons. The van der Waals surface area contributed by atoms with E-state index in [0.717, 1.165) is 0 Å². The highest BCUT2D eigenvalue weighted by atomic mass is 16.4. The van der Waals surface area contributed by atoms with Gasteiger partial charge in [0, 0.05) is 11.1 Å². The molecule has 0 spiro atoms. The molecule has 0 atom stereocenters. The quantitative estimate of drug-likeness (QED) is 0.704. The fourth-order valence-corrected chi connectivity index (χ4v) is 0. The summed E-state index contributed by atoms with van der Waals surface area (Å²) in [4.78, 5) is 21.2. The van der Waals surface area contributed by atoms with Crippen molar-refractivity contribution in [1.29, 1.82) is 0 Å². The second-order valence-corrected chi connectivity index (χ2v) is 3.51. The minimum Gasteiger partial charge on any atom is -0.478 e. The summed E-state index contributed by atoms with van der Waals surface area (Å²) >= 11 is 0. The van der Waals surface area contributed by atoms with Gasteiger partial charge in [-0.15, -0.1) is 0 Å². The van der Waals surface area contributed by atoms with Crippen LogP contribution in [0.5, 0.6) is 0 Å². The van der Waals surface area contributed by atoms with E-state index < -0.39 is 11.9 Å². The monoisotopic (exact) mass is 231 g/mol. The number of carboxylic acids is 2. The number of carbonyl (C=O) groups is 2. The summed E-state index contributed by atoms with van der Waals surface area (Å²) in [7, 11) is 6.00. The molecule has 0 aromatic heterocycles. The van der Waals surface area contributed by atoms with E-state index in [1.165, 1.54) is 13.8 Å². The minimum absolute atomic E-state index is 0.176. The number of rotatable bonds is 2. The first-order valence-corrected chi connectivity index (χ1v) is 4.40. The third kappa shape index (κ3) is 39.4. The standard InChI is InChI=1S/2C4H6O2.C3H9N/c2*1-3(2)4(5)6;1-4(2)3/h2*1H2,2H3,(H,5,6);1-3H3. The van der Waals surface area contributed by atoms with E-state index in [1.54, 1.807) is 0 Å². The van der Waals surface area contributed by atoms with Gasteiger partial charge in [0.15, 0.2) is 0 Å². The van der Waals surface area contributed by atoms with Crippen LogP contribution in [-0.2, 0) is 9.59 Å². The lowest BCUT2D eigenvalue weighted by atomic mass is 10.4. The van der Waals surface area contributed by atoms with E-state index in [1.807, 2.05) is 26.0 Å². The van der Waals surface area contributed by atoms with Crippen molar-refractivity contribution < 1.29 is 19.8 Å². The number of nitrogens with zero attached hydrogens (tertiary/aromatic N) is 1. The average molecular weight is 231 g/mol. The van der Waals surface area contributed by atoms with Crippen LogP contribution in [0.2, 0.25) is 0 Å². The second kappa shape index (κ2) is 11.5. The van der Waals surface area contributed by atoms with Gasteiger partial charge in [-0.25, -0.2) is 9.59 Å². The molecule has 0 aromatic carbocycles. The predicted molar refractivity (Wildman–Crippen MR) is 64.5 cm³/mol. The lowest BCUT2D eigenvalue weighted by Crippen LogP contribution is -1.99. The lowest BCUT2D eigenvalue weighted by Gasteiger charge is -1.90. The summed E-state index contributed by atoms with van der Waals surface area (Å²) < 4.78 is 0. The van der Waals surface area contributed by atoms with Crippen molar-refractivity contribution in [1.82, 2.24) is 4.90 Å². The highest BCUT2D eigenvalue weighted by Gasteiger charge is 1.90. The average Bonchev–Trinajstić information content (AvgIpc) is 2.03. The lowest BCUT2D eigenvalue weighted by molar-refractivity contribution is -0.133. The van der Waals surface area contributed by atoms with Crippen LogP contribution in [-0.4, -0.2) is 48.2 Å². The van der Waals surface area contributed by atoms with E-state index in [0.29, 0.717) is 0 Å². The molecule has 0 aliphatic rings. The van der Waals surface area contributed by atoms with Crippen LogP contribution in [0.1, 0.15) is 13.8 Å². The van der Waals surface area contributed by atoms with Gasteiger partial charge in [-0.2, -0.15) is 0 Å². The van der Waals surface area contributed by atoms with Gasteiger partial charge >= 0.3 is 11.9 Å². The second-order valence-electron chi connectivity index (χ2n) is 3.51. The third-order valence-electron chi connectivity index (χ3n) is 0.730. The Kier molecular flexibility index (Phi) is 14.2. The zero-order chi connectivity index (χ0) is 13.9. The molecule has 0 aromatic rings. The molecule has 0 amide bonds. The molecule has 0 aliphatic carbocycles. The molecule has 2 N–H and O–H groups in total. The highest BCUT2D eigenvalue weighted by molar-refractivity contribution is 5.85. The topological polar surface area (TPSA) is 77.8 Å². The Morgan fingerprint density at radius 2 is 0.938 bits per heavy atom. The maximum Gasteiger partial charge on any atom is 0.330 e. The van der Waals surface area contributed by atoms with Gasteiger partial charge in [-0.05, 0) is 35.0 Å². The van der Waals surface area contributed by atoms with Crippen LogP contribution in [0.25, 0.3) is 0 Å². The fourth-order valence-electron chi connectivity index (χ4n) is 0. The molecule has 94 valence electrons. The molecular weight excluding hydrogens is 210 g/mol. The Bertz CT molecular complexity index is 206. The molecule has 16 heavy (non-hydrogen) atoms. The van der Waals surface area contributed by atoms with Crippen molar-refractivity contribution in [3.05, 3.63) is 24.3 Å². The largest absolute Gasteiger partial charge is 0.478 e. The molecule has 0 bridgehead atoms. The van der Waals surface area contributed by atoms with Gasteiger partial charge in [0.25, 0.3) is 0 Å². The van der Waals surface area contributed by atoms with Crippen LogP contribution in [0.3, 0.4) is 0 Å². The van der Waals surface area contributed by atoms with Crippen LogP contribution < -0.4 is 0 Å². The summed E-state index contributed by atoms with van der Waals surface area (Å²) in [5.74, 6) is -1.87. The summed E-state index contributed by atoms with van der Waals surface area (Å²) in [6, 6.07) is 0. The molecule has 0 rings (SSSR count). The van der Waals surface area contributed by atoms with Crippen molar-refractivity contribution in [3.8, 4) is 0 Å². The summed E-state index contributed by atoms with van der Waals surface area (Å²) in [5.41, 5.74) is 0.352. The third-order valence-corrected chi connectivity index (χ3v) is 0.730. The first-order valence-electron chi connectivity index (χ1n) is 4.40. The van der Waals surface area contributed by atoms with Gasteiger partial charge in [-0.3, -0.25) is 0 Å². The zero-order valence-corrected chi connectivity index (χ0v) is 10.6. The zero-order valence-electron chi connectivity index (χ0n) is 10.6. The van der Waals surface area contributed by atoms with Gasteiger partial charge in [-0.1, -0.05) is 13.2 Å². The first kappa shape index (κ1) is 19.9. The SMILES string of the molecule is C=C(C)C(=O)O.C=C(C)C(=O)O.CN(C)C. The van der Waals surface area contributed by atoms with Gasteiger partial charge < -0.3 is 15.1 Å². The van der Waals surface area contributed by atoms with Crippen LogP contribution >= 0.6 is 0 Å². The molecule has 0 saturated carbocycles. The normalized spacial score (nSPS) is 7.88. The van der Waals surface area contributed by atoms with E-state index in [-0.39, 0.29) is 11.1 Å². The van der Waals surface area contributed by atoms with E-state index in [9.17, 15) is 9.59 Å². The molecule has 0 unspecified atom stereocenters. The van der Waals surface area contributed by atoms with Crippen LogP contribution in [0.4, 0.5) is 0 Å². The van der Waals surface area contributed by atoms with E-state index >= 15 is 0 Å². The van der Waals surface area contributed by atoms with Gasteiger partial charge in [0.05, 0.1) is 0 Å². The highest BCUT2D eigenvalue weighted by Crippen LogP contribution is 1.81. The Morgan fingerprint density at radius 1 is 0.875 bits per heavy atom. The Morgan fingerprint density at radius 3 is 0.938 bits per heavy atom. The first-order chi connectivity index (χ1) is 7.02. The van der Waals surface area contributed by atoms with E-state index in [2.05, 4.69) is 13.2 Å². The maximum atomic E-state index is 9.60. The van der Waals surface area contributed by atoms with Crippen molar-refractivity contribution in [3.63, 3.8) is 0 Å². The van der Waals surface area contributed by atoms with E-state index in [4.69, 9.17) is 10.2 Å². The molecule has 0 heterocycles. The minimum atomic E-state index is -0.935.